The van der Waals surface area contributed by atoms with Crippen molar-refractivity contribution in [3.63, 3.8) is 0 Å². The maximum Gasteiger partial charge on any atom is 0.335 e. The normalized spacial score (nSPS) is 9.22. The van der Waals surface area contributed by atoms with Crippen molar-refractivity contribution in [3.8, 4) is 0 Å². The van der Waals surface area contributed by atoms with E-state index in [1.165, 1.54) is 0 Å². The van der Waals surface area contributed by atoms with Crippen molar-refractivity contribution in [2.24, 2.45) is 0 Å². The van der Waals surface area contributed by atoms with Crippen LogP contribution in [0.5, 0.6) is 0 Å². The van der Waals surface area contributed by atoms with Crippen molar-refractivity contribution >= 4 is 5.97 Å². The van der Waals surface area contributed by atoms with E-state index in [2.05, 4.69) is 6.58 Å². The topological polar surface area (TPSA) is 37.3 Å². The third-order valence-electron chi connectivity index (χ3n) is 2.60. The number of allylic oxidation sites excluding steroid dienone is 1. The number of carboxylic acid groups (broad SMARTS) is 1. The smallest absolute Gasteiger partial charge is 0.335 e. The van der Waals surface area contributed by atoms with Crippen molar-refractivity contribution in [3.05, 3.63) is 48.0 Å². The fraction of sp³-hybridized carbons (Fsp3) is 0.438. The molecule has 0 bridgehead atoms. The molecule has 1 N–H and O–H groups in total. The quantitative estimate of drug-likeness (QED) is 0.561. The molecular formula is C16H24O2. The minimum absolute atomic E-state index is 0.436. The molecule has 0 saturated heterocycles. The SMILES string of the molecule is C=CCCCCCc1ccccc1C(=O)O.CC. The molecule has 0 unspecified atom stereocenters. The summed E-state index contributed by atoms with van der Waals surface area (Å²) < 4.78 is 0. The lowest BCUT2D eigenvalue weighted by Gasteiger charge is -2.05. The van der Waals surface area contributed by atoms with Crippen LogP contribution in [0.25, 0.3) is 0 Å². The summed E-state index contributed by atoms with van der Waals surface area (Å²) in [7, 11) is 0. The molecular weight excluding hydrogens is 224 g/mol. The van der Waals surface area contributed by atoms with Gasteiger partial charge < -0.3 is 5.11 Å². The fourth-order valence-corrected chi connectivity index (χ4v) is 1.73. The number of unbranched alkanes of at least 4 members (excludes halogenated alkanes) is 3. The lowest BCUT2D eigenvalue weighted by Crippen LogP contribution is -2.02. The van der Waals surface area contributed by atoms with Gasteiger partial charge in [-0.05, 0) is 37.3 Å². The van der Waals surface area contributed by atoms with E-state index in [4.69, 9.17) is 5.11 Å². The Labute approximate surface area is 110 Å². The lowest BCUT2D eigenvalue weighted by molar-refractivity contribution is 0.0695. The summed E-state index contributed by atoms with van der Waals surface area (Å²) >= 11 is 0. The molecule has 100 valence electrons. The van der Waals surface area contributed by atoms with Gasteiger partial charge >= 0.3 is 5.97 Å². The average molecular weight is 248 g/mol. The highest BCUT2D eigenvalue weighted by Gasteiger charge is 2.07. The van der Waals surface area contributed by atoms with Crippen LogP contribution in [0.1, 0.15) is 55.5 Å². The molecule has 0 spiro atoms. The minimum Gasteiger partial charge on any atom is -0.478 e. The Bertz CT molecular complexity index is 356. The predicted octanol–water partition coefficient (Wildman–Crippen LogP) is 4.70. The van der Waals surface area contributed by atoms with Gasteiger partial charge in [0.2, 0.25) is 0 Å². The Morgan fingerprint density at radius 3 is 2.50 bits per heavy atom. The Hall–Kier alpha value is -1.57. The monoisotopic (exact) mass is 248 g/mol. The van der Waals surface area contributed by atoms with E-state index in [9.17, 15) is 4.79 Å². The molecule has 0 fully saturated rings. The first-order valence-electron chi connectivity index (χ1n) is 6.68. The molecule has 0 amide bonds. The summed E-state index contributed by atoms with van der Waals surface area (Å²) in [5, 5.41) is 8.99. The number of carbonyl (C=O) groups is 1. The second-order valence-electron chi connectivity index (χ2n) is 3.85. The van der Waals surface area contributed by atoms with Crippen molar-refractivity contribution in [2.75, 3.05) is 0 Å². The molecule has 1 aromatic rings. The molecule has 0 radical (unpaired) electrons. The van der Waals surface area contributed by atoms with E-state index in [0.717, 1.165) is 37.7 Å². The molecule has 0 aliphatic carbocycles. The van der Waals surface area contributed by atoms with Gasteiger partial charge in [-0.15, -0.1) is 6.58 Å². The summed E-state index contributed by atoms with van der Waals surface area (Å²) in [5.41, 5.74) is 1.37. The van der Waals surface area contributed by atoms with Crippen molar-refractivity contribution < 1.29 is 9.90 Å². The number of aryl methyl sites for hydroxylation is 1. The first-order chi connectivity index (χ1) is 8.75. The van der Waals surface area contributed by atoms with Crippen LogP contribution in [0.15, 0.2) is 36.9 Å². The van der Waals surface area contributed by atoms with E-state index in [1.54, 1.807) is 12.1 Å². The molecule has 1 aromatic carbocycles. The summed E-state index contributed by atoms with van der Waals surface area (Å²) in [6.45, 7) is 7.68. The largest absolute Gasteiger partial charge is 0.478 e. The van der Waals surface area contributed by atoms with Crippen LogP contribution in [0.4, 0.5) is 0 Å². The van der Waals surface area contributed by atoms with Gasteiger partial charge in [-0.1, -0.05) is 44.5 Å². The van der Waals surface area contributed by atoms with Crippen LogP contribution in [0, 0.1) is 0 Å². The zero-order chi connectivity index (χ0) is 13.8. The highest BCUT2D eigenvalue weighted by atomic mass is 16.4. The molecule has 0 saturated carbocycles. The van der Waals surface area contributed by atoms with Gasteiger partial charge in [0.05, 0.1) is 5.56 Å². The van der Waals surface area contributed by atoms with Gasteiger partial charge in [-0.25, -0.2) is 4.79 Å². The third kappa shape index (κ3) is 6.24. The van der Waals surface area contributed by atoms with Gasteiger partial charge in [0.15, 0.2) is 0 Å². The van der Waals surface area contributed by atoms with Crippen LogP contribution in [-0.2, 0) is 6.42 Å². The Kier molecular flexibility index (Phi) is 9.65. The second kappa shape index (κ2) is 10.6. The zero-order valence-electron chi connectivity index (χ0n) is 11.5. The van der Waals surface area contributed by atoms with Gasteiger partial charge in [-0.3, -0.25) is 0 Å². The maximum atomic E-state index is 10.9. The molecule has 0 aliphatic heterocycles. The number of carboxylic acids is 1. The first kappa shape index (κ1) is 16.4. The molecule has 1 rings (SSSR count). The molecule has 0 atom stereocenters. The van der Waals surface area contributed by atoms with Crippen LogP contribution in [0.3, 0.4) is 0 Å². The number of benzene rings is 1. The van der Waals surface area contributed by atoms with Gasteiger partial charge in [-0.2, -0.15) is 0 Å². The van der Waals surface area contributed by atoms with Gasteiger partial charge in [0.25, 0.3) is 0 Å². The first-order valence-corrected chi connectivity index (χ1v) is 6.68. The van der Waals surface area contributed by atoms with Crippen molar-refractivity contribution in [1.82, 2.24) is 0 Å². The second-order valence-corrected chi connectivity index (χ2v) is 3.85. The summed E-state index contributed by atoms with van der Waals surface area (Å²) in [6.07, 6.45) is 7.11. The van der Waals surface area contributed by atoms with Gasteiger partial charge in [0, 0.05) is 0 Å². The van der Waals surface area contributed by atoms with E-state index in [0.29, 0.717) is 5.56 Å². The van der Waals surface area contributed by atoms with Crippen LogP contribution >= 0.6 is 0 Å². The van der Waals surface area contributed by atoms with E-state index in [1.807, 2.05) is 32.1 Å². The van der Waals surface area contributed by atoms with Crippen LogP contribution < -0.4 is 0 Å². The Balaban J connectivity index is 0.00000137. The van der Waals surface area contributed by atoms with E-state index < -0.39 is 5.97 Å². The minimum atomic E-state index is -0.832. The third-order valence-corrected chi connectivity index (χ3v) is 2.60. The Morgan fingerprint density at radius 2 is 1.89 bits per heavy atom. The molecule has 18 heavy (non-hydrogen) atoms. The Morgan fingerprint density at radius 1 is 1.22 bits per heavy atom. The number of rotatable bonds is 7. The predicted molar refractivity (Wildman–Crippen MR) is 77.1 cm³/mol. The van der Waals surface area contributed by atoms with E-state index >= 15 is 0 Å². The van der Waals surface area contributed by atoms with Crippen molar-refractivity contribution in [1.29, 1.82) is 0 Å². The number of aromatic carboxylic acids is 1. The fourth-order valence-electron chi connectivity index (χ4n) is 1.73. The average Bonchev–Trinajstić information content (AvgIpc) is 2.41. The molecule has 0 aliphatic rings. The van der Waals surface area contributed by atoms with Gasteiger partial charge in [0.1, 0.15) is 0 Å². The van der Waals surface area contributed by atoms with Crippen LogP contribution in [0.2, 0.25) is 0 Å². The maximum absolute atomic E-state index is 10.9. The standard InChI is InChI=1S/C14H18O2.C2H6/c1-2-3-4-5-6-9-12-10-7-8-11-13(12)14(15)16;1-2/h2,7-8,10-11H,1,3-6,9H2,(H,15,16);1-2H3. The number of hydrogen-bond donors (Lipinski definition) is 1. The van der Waals surface area contributed by atoms with Crippen LogP contribution in [-0.4, -0.2) is 11.1 Å². The zero-order valence-corrected chi connectivity index (χ0v) is 11.5. The molecule has 2 heteroatoms. The molecule has 0 aromatic heterocycles. The van der Waals surface area contributed by atoms with E-state index in [-0.39, 0.29) is 0 Å². The summed E-state index contributed by atoms with van der Waals surface area (Å²) in [6, 6.07) is 7.23. The number of hydrogen-bond acceptors (Lipinski definition) is 1. The molecule has 0 heterocycles. The highest BCUT2D eigenvalue weighted by Crippen LogP contribution is 2.13. The lowest BCUT2D eigenvalue weighted by atomic mass is 10.0. The highest BCUT2D eigenvalue weighted by molar-refractivity contribution is 5.89. The summed E-state index contributed by atoms with van der Waals surface area (Å²) in [4.78, 5) is 10.9. The summed E-state index contributed by atoms with van der Waals surface area (Å²) in [5.74, 6) is -0.832. The molecule has 2 nitrogen and oxygen atoms in total. The van der Waals surface area contributed by atoms with Crippen molar-refractivity contribution in [2.45, 2.75) is 46.0 Å².